The molecule has 0 saturated carbocycles. The summed E-state index contributed by atoms with van der Waals surface area (Å²) in [6, 6.07) is 20.0. The fraction of sp³-hybridized carbons (Fsp3) is 0.238. The molecule has 0 aliphatic carbocycles. The minimum atomic E-state index is 1.03. The minimum Gasteiger partial charge on any atom is -0.0845 e. The normalized spacial score (nSPS) is 11.0. The van der Waals surface area contributed by atoms with Gasteiger partial charge in [0.15, 0.2) is 0 Å². The van der Waals surface area contributed by atoms with Crippen molar-refractivity contribution >= 4 is 21.5 Å². The Labute approximate surface area is 127 Å². The van der Waals surface area contributed by atoms with Crippen LogP contribution >= 0.6 is 0 Å². The molecule has 0 bridgehead atoms. The quantitative estimate of drug-likeness (QED) is 0.377. The van der Waals surface area contributed by atoms with Gasteiger partial charge < -0.3 is 0 Å². The SMILES string of the molecule is [CH]=CCCCCCc1ccc2cc3ccccc3cc2c1. The van der Waals surface area contributed by atoms with Crippen LogP contribution in [0.5, 0.6) is 0 Å². The monoisotopic (exact) mass is 273 g/mol. The highest BCUT2D eigenvalue weighted by Gasteiger charge is 2.00. The van der Waals surface area contributed by atoms with E-state index in [1.165, 1.54) is 46.4 Å². The number of hydrogen-bond acceptors (Lipinski definition) is 0. The van der Waals surface area contributed by atoms with Crippen LogP contribution in [0.25, 0.3) is 21.5 Å². The average Bonchev–Trinajstić information content (AvgIpc) is 2.52. The van der Waals surface area contributed by atoms with Crippen LogP contribution in [0.3, 0.4) is 0 Å². The summed E-state index contributed by atoms with van der Waals surface area (Å²) in [6.07, 6.45) is 7.66. The average molecular weight is 273 g/mol. The van der Waals surface area contributed by atoms with Crippen LogP contribution in [0.2, 0.25) is 0 Å². The molecule has 0 nitrogen and oxygen atoms in total. The van der Waals surface area contributed by atoms with Crippen LogP contribution < -0.4 is 0 Å². The van der Waals surface area contributed by atoms with Crippen molar-refractivity contribution in [2.24, 2.45) is 0 Å². The molecule has 0 fully saturated rings. The highest BCUT2D eigenvalue weighted by atomic mass is 14.0. The molecule has 0 atom stereocenters. The molecule has 0 heterocycles. The van der Waals surface area contributed by atoms with E-state index in [-0.39, 0.29) is 0 Å². The maximum atomic E-state index is 5.40. The van der Waals surface area contributed by atoms with Crippen molar-refractivity contribution in [3.05, 3.63) is 72.8 Å². The molecular formula is C21H21. The lowest BCUT2D eigenvalue weighted by molar-refractivity contribution is 0.687. The van der Waals surface area contributed by atoms with E-state index in [0.29, 0.717) is 0 Å². The van der Waals surface area contributed by atoms with Crippen LogP contribution in [0.4, 0.5) is 0 Å². The lowest BCUT2D eigenvalue weighted by Crippen LogP contribution is -1.86. The Kier molecular flexibility index (Phi) is 4.35. The zero-order valence-corrected chi connectivity index (χ0v) is 12.4. The molecule has 0 spiro atoms. The number of hydrogen-bond donors (Lipinski definition) is 0. The number of unbranched alkanes of at least 4 members (excludes halogenated alkanes) is 3. The van der Waals surface area contributed by atoms with E-state index in [1.807, 2.05) is 0 Å². The number of allylic oxidation sites excluding steroid dienone is 1. The van der Waals surface area contributed by atoms with Crippen molar-refractivity contribution in [1.82, 2.24) is 0 Å². The standard InChI is InChI=1S/C21H21/c1-2-3-4-5-6-9-17-12-13-20-15-18-10-7-8-11-19(18)16-21(20)14-17/h1-2,7-8,10-16H,3-6,9H2. The summed E-state index contributed by atoms with van der Waals surface area (Å²) in [5.41, 5.74) is 1.44. The molecule has 0 N–H and O–H groups in total. The van der Waals surface area contributed by atoms with E-state index in [9.17, 15) is 0 Å². The van der Waals surface area contributed by atoms with Gasteiger partial charge >= 0.3 is 0 Å². The number of benzene rings is 3. The van der Waals surface area contributed by atoms with E-state index in [4.69, 9.17) is 6.58 Å². The first-order chi connectivity index (χ1) is 10.4. The summed E-state index contributed by atoms with van der Waals surface area (Å²) in [6.45, 7) is 5.40. The van der Waals surface area contributed by atoms with Crippen molar-refractivity contribution in [2.75, 3.05) is 0 Å². The van der Waals surface area contributed by atoms with Gasteiger partial charge in [0.2, 0.25) is 0 Å². The minimum absolute atomic E-state index is 1.03. The van der Waals surface area contributed by atoms with Crippen LogP contribution in [0.1, 0.15) is 31.2 Å². The second-order valence-corrected chi connectivity index (χ2v) is 5.72. The fourth-order valence-corrected chi connectivity index (χ4v) is 2.91. The molecule has 0 saturated heterocycles. The second-order valence-electron chi connectivity index (χ2n) is 5.72. The highest BCUT2D eigenvalue weighted by Crippen LogP contribution is 2.24. The third-order valence-electron chi connectivity index (χ3n) is 4.11. The lowest BCUT2D eigenvalue weighted by atomic mass is 9.99. The maximum Gasteiger partial charge on any atom is -0.0175 e. The largest absolute Gasteiger partial charge is 0.0845 e. The van der Waals surface area contributed by atoms with Crippen molar-refractivity contribution in [2.45, 2.75) is 32.1 Å². The molecule has 0 unspecified atom stereocenters. The third-order valence-corrected chi connectivity index (χ3v) is 4.11. The Bertz CT molecular complexity index is 752. The van der Waals surface area contributed by atoms with Crippen LogP contribution in [-0.4, -0.2) is 0 Å². The molecule has 0 amide bonds. The fourth-order valence-electron chi connectivity index (χ4n) is 2.91. The van der Waals surface area contributed by atoms with Gasteiger partial charge in [0.25, 0.3) is 0 Å². The van der Waals surface area contributed by atoms with Crippen molar-refractivity contribution in [1.29, 1.82) is 0 Å². The molecule has 1 radical (unpaired) electrons. The smallest absolute Gasteiger partial charge is 0.0175 e. The van der Waals surface area contributed by atoms with E-state index in [0.717, 1.165) is 12.8 Å². The Hall–Kier alpha value is -2.08. The molecule has 21 heavy (non-hydrogen) atoms. The van der Waals surface area contributed by atoms with E-state index in [1.54, 1.807) is 6.08 Å². The van der Waals surface area contributed by atoms with E-state index >= 15 is 0 Å². The van der Waals surface area contributed by atoms with Gasteiger partial charge in [-0.15, -0.1) is 0 Å². The number of aryl methyl sites for hydroxylation is 1. The lowest BCUT2D eigenvalue weighted by Gasteiger charge is -2.06. The zero-order valence-electron chi connectivity index (χ0n) is 12.4. The van der Waals surface area contributed by atoms with Gasteiger partial charge in [-0.3, -0.25) is 0 Å². The predicted molar refractivity (Wildman–Crippen MR) is 92.5 cm³/mol. The Balaban J connectivity index is 1.79. The molecule has 3 rings (SSSR count). The van der Waals surface area contributed by atoms with Gasteiger partial charge in [-0.1, -0.05) is 61.5 Å². The summed E-state index contributed by atoms with van der Waals surface area (Å²) in [7, 11) is 0. The molecule has 0 aliphatic rings. The van der Waals surface area contributed by atoms with Crippen molar-refractivity contribution in [3.63, 3.8) is 0 Å². The molecule has 0 aliphatic heterocycles. The second kappa shape index (κ2) is 6.58. The Morgan fingerprint density at radius 3 is 2.19 bits per heavy atom. The summed E-state index contributed by atoms with van der Waals surface area (Å²) < 4.78 is 0. The van der Waals surface area contributed by atoms with Gasteiger partial charge in [0, 0.05) is 0 Å². The van der Waals surface area contributed by atoms with Gasteiger partial charge in [0.1, 0.15) is 0 Å². The molecule has 3 aromatic carbocycles. The van der Waals surface area contributed by atoms with Crippen LogP contribution in [-0.2, 0) is 6.42 Å². The van der Waals surface area contributed by atoms with Crippen LogP contribution in [0, 0.1) is 6.58 Å². The topological polar surface area (TPSA) is 0 Å². The first-order valence-electron chi connectivity index (χ1n) is 7.82. The summed E-state index contributed by atoms with van der Waals surface area (Å²) in [4.78, 5) is 0. The van der Waals surface area contributed by atoms with Crippen LogP contribution in [0.15, 0.2) is 60.7 Å². The molecule has 0 heteroatoms. The first kappa shape index (κ1) is 13.9. The van der Waals surface area contributed by atoms with Gasteiger partial charge in [-0.25, -0.2) is 0 Å². The summed E-state index contributed by atoms with van der Waals surface area (Å²) in [5, 5.41) is 5.31. The Morgan fingerprint density at radius 2 is 1.43 bits per heavy atom. The summed E-state index contributed by atoms with van der Waals surface area (Å²) >= 11 is 0. The van der Waals surface area contributed by atoms with E-state index in [2.05, 4.69) is 54.6 Å². The maximum absolute atomic E-state index is 5.40. The Morgan fingerprint density at radius 1 is 0.714 bits per heavy atom. The summed E-state index contributed by atoms with van der Waals surface area (Å²) in [5.74, 6) is 0. The molecular weight excluding hydrogens is 252 g/mol. The van der Waals surface area contributed by atoms with E-state index < -0.39 is 0 Å². The van der Waals surface area contributed by atoms with Crippen molar-refractivity contribution < 1.29 is 0 Å². The van der Waals surface area contributed by atoms with Gasteiger partial charge in [-0.05, 0) is 64.9 Å². The highest BCUT2D eigenvalue weighted by molar-refractivity contribution is 5.98. The zero-order chi connectivity index (χ0) is 14.5. The van der Waals surface area contributed by atoms with Crippen molar-refractivity contribution in [3.8, 4) is 0 Å². The molecule has 0 aromatic heterocycles. The predicted octanol–water partition coefficient (Wildman–Crippen LogP) is 6.09. The molecule has 105 valence electrons. The van der Waals surface area contributed by atoms with Gasteiger partial charge in [0.05, 0.1) is 0 Å². The third kappa shape index (κ3) is 3.33. The number of fused-ring (bicyclic) bond motifs is 2. The number of rotatable bonds is 6. The van der Waals surface area contributed by atoms with Gasteiger partial charge in [-0.2, -0.15) is 0 Å². The first-order valence-corrected chi connectivity index (χ1v) is 7.82. The molecule has 3 aromatic rings.